The molecular weight excluding hydrogens is 546 g/mol. The minimum Gasteiger partial charge on any atom is -0.478 e. The van der Waals surface area contributed by atoms with Gasteiger partial charge in [-0.2, -0.15) is 13.2 Å². The summed E-state index contributed by atoms with van der Waals surface area (Å²) in [6.07, 6.45) is 0. The molecule has 0 radical (unpaired) electrons. The molecule has 0 aromatic heterocycles. The summed E-state index contributed by atoms with van der Waals surface area (Å²) in [4.78, 5) is 24.9. The largest absolute Gasteiger partial charge is 0.478 e. The summed E-state index contributed by atoms with van der Waals surface area (Å²) in [5, 5.41) is 19.1. The predicted octanol–water partition coefficient (Wildman–Crippen LogP) is 4.76. The normalized spacial score (nSPS) is 17.6. The first-order valence-electron chi connectivity index (χ1n) is 11.8. The molecular formula is C27H17F6N2O5+. The average molecular weight is 563 g/mol. The lowest BCUT2D eigenvalue weighted by atomic mass is 9.89. The van der Waals surface area contributed by atoms with Crippen LogP contribution in [0.1, 0.15) is 20.7 Å². The molecule has 7 nitrogen and oxygen atoms in total. The van der Waals surface area contributed by atoms with Crippen LogP contribution in [0.2, 0.25) is 0 Å². The van der Waals surface area contributed by atoms with Gasteiger partial charge in [0.25, 0.3) is 5.92 Å². The van der Waals surface area contributed by atoms with Crippen molar-refractivity contribution in [3.05, 3.63) is 70.6 Å². The molecule has 2 aromatic carbocycles. The van der Waals surface area contributed by atoms with Gasteiger partial charge in [0.05, 0.1) is 36.0 Å². The van der Waals surface area contributed by atoms with Crippen molar-refractivity contribution < 1.29 is 50.6 Å². The fourth-order valence-corrected chi connectivity index (χ4v) is 5.12. The first kappa shape index (κ1) is 25.7. The van der Waals surface area contributed by atoms with Crippen molar-refractivity contribution in [3.8, 4) is 22.5 Å². The van der Waals surface area contributed by atoms with Crippen LogP contribution in [-0.4, -0.2) is 60.2 Å². The van der Waals surface area contributed by atoms with E-state index in [1.165, 1.54) is 0 Å². The molecule has 13 heteroatoms. The monoisotopic (exact) mass is 563 g/mol. The number of carboxylic acid groups (broad SMARTS) is 2. The van der Waals surface area contributed by atoms with Crippen molar-refractivity contribution in [3.63, 3.8) is 0 Å². The van der Waals surface area contributed by atoms with E-state index in [9.17, 15) is 37.4 Å². The van der Waals surface area contributed by atoms with E-state index in [1.807, 2.05) is 0 Å². The Morgan fingerprint density at radius 2 is 1.55 bits per heavy atom. The summed E-state index contributed by atoms with van der Waals surface area (Å²) in [6, 6.07) is 7.21. The number of anilines is 1. The Kier molecular flexibility index (Phi) is 5.45. The maximum Gasteiger partial charge on any atom is 0.361 e. The second-order valence-corrected chi connectivity index (χ2v) is 9.87. The number of carboxylic acids is 2. The zero-order valence-electron chi connectivity index (χ0n) is 20.2. The molecule has 4 aliphatic rings. The molecule has 0 atom stereocenters. The van der Waals surface area contributed by atoms with Gasteiger partial charge in [0.1, 0.15) is 17.2 Å². The zero-order valence-corrected chi connectivity index (χ0v) is 20.2. The maximum atomic E-state index is 15.3. The fraction of sp³-hybridized carbons (Fsp3) is 0.222. The summed E-state index contributed by atoms with van der Waals surface area (Å²) in [5.41, 5.74) is -1.44. The summed E-state index contributed by atoms with van der Waals surface area (Å²) < 4.78 is 91.6. The van der Waals surface area contributed by atoms with E-state index in [0.717, 1.165) is 51.9 Å². The van der Waals surface area contributed by atoms with Gasteiger partial charge in [-0.1, -0.05) is 0 Å². The number of benzene rings is 3. The van der Waals surface area contributed by atoms with E-state index in [-0.39, 0.29) is 50.0 Å². The van der Waals surface area contributed by atoms with Crippen LogP contribution in [0, 0.1) is 11.6 Å². The standard InChI is InChI=1S/C27H16F6N2O5/c28-17-4-15-21(6-19(17)34-8-26(30,31)9-34)40-22-7-20(35-10-27(32,33)11-35)18(29)5-16(22)23(15)14-3-12(24(36)37)1-2-13(14)25(38)39/h1-7H,8-11H2,(H-,36,37,38,39)/p+1. The Balaban J connectivity index is 1.70. The van der Waals surface area contributed by atoms with Crippen molar-refractivity contribution in [2.45, 2.75) is 11.8 Å². The predicted molar refractivity (Wildman–Crippen MR) is 129 cm³/mol. The van der Waals surface area contributed by atoms with Crippen molar-refractivity contribution in [1.29, 1.82) is 0 Å². The van der Waals surface area contributed by atoms with E-state index < -0.39 is 67.2 Å². The maximum absolute atomic E-state index is 15.3. The highest BCUT2D eigenvalue weighted by atomic mass is 19.3. The summed E-state index contributed by atoms with van der Waals surface area (Å²) in [6.45, 7) is -3.01. The summed E-state index contributed by atoms with van der Waals surface area (Å²) >= 11 is 0. The van der Waals surface area contributed by atoms with Crippen LogP contribution in [0.3, 0.4) is 0 Å². The molecule has 2 saturated heterocycles. The van der Waals surface area contributed by atoms with E-state index in [4.69, 9.17) is 4.42 Å². The molecule has 3 aliphatic heterocycles. The molecule has 0 amide bonds. The van der Waals surface area contributed by atoms with Gasteiger partial charge in [0.2, 0.25) is 18.4 Å². The Labute approximate surface area is 220 Å². The molecule has 0 unspecified atom stereocenters. The third kappa shape index (κ3) is 4.12. The van der Waals surface area contributed by atoms with Crippen LogP contribution in [-0.2, 0) is 0 Å². The van der Waals surface area contributed by atoms with Gasteiger partial charge < -0.3 is 19.5 Å². The molecule has 0 bridgehead atoms. The Morgan fingerprint density at radius 1 is 0.850 bits per heavy atom. The van der Waals surface area contributed by atoms with E-state index in [0.29, 0.717) is 0 Å². The number of hydrogen-bond acceptors (Lipinski definition) is 4. The summed E-state index contributed by atoms with van der Waals surface area (Å²) in [5.74, 6) is -10.9. The van der Waals surface area contributed by atoms with Crippen molar-refractivity contribution >= 4 is 28.6 Å². The van der Waals surface area contributed by atoms with Gasteiger partial charge in [-0.05, 0) is 35.9 Å². The van der Waals surface area contributed by atoms with Gasteiger partial charge in [-0.15, -0.1) is 0 Å². The number of carbonyl (C=O) groups is 2. The quantitative estimate of drug-likeness (QED) is 0.212. The van der Waals surface area contributed by atoms with Crippen molar-refractivity contribution in [2.24, 2.45) is 0 Å². The Bertz CT molecular complexity index is 1800. The average Bonchev–Trinajstić information content (AvgIpc) is 2.83. The van der Waals surface area contributed by atoms with Gasteiger partial charge >= 0.3 is 17.9 Å². The highest BCUT2D eigenvalue weighted by Crippen LogP contribution is 2.44. The van der Waals surface area contributed by atoms with Crippen molar-refractivity contribution in [2.75, 3.05) is 31.1 Å². The van der Waals surface area contributed by atoms with Crippen LogP contribution in [0.4, 0.5) is 32.0 Å². The van der Waals surface area contributed by atoms with Crippen LogP contribution >= 0.6 is 0 Å². The van der Waals surface area contributed by atoms with Gasteiger partial charge in [-0.3, -0.25) is 0 Å². The molecule has 2 N–H and O–H groups in total. The first-order chi connectivity index (χ1) is 18.7. The van der Waals surface area contributed by atoms with Gasteiger partial charge in [0.15, 0.2) is 5.82 Å². The minimum absolute atomic E-state index is 0.0892. The highest BCUT2D eigenvalue weighted by Gasteiger charge is 2.50. The van der Waals surface area contributed by atoms with Gasteiger partial charge in [-0.25, -0.2) is 27.3 Å². The number of hydrogen-bond donors (Lipinski definition) is 2. The van der Waals surface area contributed by atoms with Crippen LogP contribution in [0.25, 0.3) is 33.4 Å². The smallest absolute Gasteiger partial charge is 0.361 e. The third-order valence-electron chi connectivity index (χ3n) is 6.99. The fourth-order valence-electron chi connectivity index (χ4n) is 5.12. The lowest BCUT2D eigenvalue weighted by Gasteiger charge is -2.40. The second-order valence-electron chi connectivity index (χ2n) is 9.87. The molecule has 1 aliphatic carbocycles. The van der Waals surface area contributed by atoms with E-state index in [2.05, 4.69) is 0 Å². The third-order valence-corrected chi connectivity index (χ3v) is 6.99. The summed E-state index contributed by atoms with van der Waals surface area (Å²) in [7, 11) is 0. The SMILES string of the molecule is O=C(O)c1ccc(C(=O)O)c(-c2c3cc(F)c(=[N+]4CC(F)(F)C4)cc-3oc3cc(N4CC(F)(F)C4)c(F)cc23)c1. The first-order valence-corrected chi connectivity index (χ1v) is 11.8. The van der Waals surface area contributed by atoms with E-state index in [1.54, 1.807) is 0 Å². The number of halogens is 6. The molecule has 6 rings (SSSR count). The molecule has 2 aromatic rings. The molecule has 2 fully saturated rings. The second kappa shape index (κ2) is 8.47. The topological polar surface area (TPSA) is 94.0 Å². The number of nitrogens with zero attached hydrogens (tertiary/aromatic N) is 2. The molecule has 3 heterocycles. The minimum atomic E-state index is -3.02. The number of alkyl halides is 4. The molecule has 206 valence electrons. The van der Waals surface area contributed by atoms with Crippen LogP contribution < -0.4 is 14.8 Å². The highest BCUT2D eigenvalue weighted by molar-refractivity contribution is 6.09. The number of fused-ring (bicyclic) bond motifs is 2. The Morgan fingerprint density at radius 3 is 2.15 bits per heavy atom. The van der Waals surface area contributed by atoms with Crippen molar-refractivity contribution in [1.82, 2.24) is 4.58 Å². The lowest BCUT2D eigenvalue weighted by molar-refractivity contribution is -0.0649. The van der Waals surface area contributed by atoms with Gasteiger partial charge in [0, 0.05) is 22.6 Å². The zero-order chi connectivity index (χ0) is 28.7. The van der Waals surface area contributed by atoms with Crippen LogP contribution in [0.15, 0.2) is 46.9 Å². The molecule has 40 heavy (non-hydrogen) atoms. The lowest BCUT2D eigenvalue weighted by Crippen LogP contribution is -2.58. The van der Waals surface area contributed by atoms with Crippen LogP contribution in [0.5, 0.6) is 0 Å². The molecule has 0 spiro atoms. The Hall–Kier alpha value is -4.55. The van der Waals surface area contributed by atoms with E-state index >= 15 is 8.78 Å². The number of rotatable bonds is 4. The number of aromatic carboxylic acids is 2. The molecule has 0 saturated carbocycles.